The Morgan fingerprint density at radius 3 is 2.68 bits per heavy atom. The number of hydrogen-bond donors (Lipinski definition) is 1. The standard InChI is InChI=1S/C19H34N4O2/c1-15(2)19-9-18(25-20-19)13-23-11-16(17(12-23)14-24)10-22-6-4-5-21(3)7-8-22/h9,15-17,24H,4-8,10-14H2,1-3H3/t16-,17-/m1/s1. The van der Waals surface area contributed by atoms with E-state index >= 15 is 0 Å². The average molecular weight is 351 g/mol. The van der Waals surface area contributed by atoms with E-state index in [1.807, 2.05) is 0 Å². The third kappa shape index (κ3) is 5.03. The van der Waals surface area contributed by atoms with Crippen LogP contribution in [-0.4, -0.2) is 84.4 Å². The van der Waals surface area contributed by atoms with E-state index in [-0.39, 0.29) is 6.61 Å². The van der Waals surface area contributed by atoms with Gasteiger partial charge >= 0.3 is 0 Å². The molecule has 6 nitrogen and oxygen atoms in total. The maximum atomic E-state index is 9.84. The molecule has 0 aromatic carbocycles. The second kappa shape index (κ2) is 8.62. The molecule has 2 atom stereocenters. The summed E-state index contributed by atoms with van der Waals surface area (Å²) < 4.78 is 5.50. The Labute approximate surface area is 151 Å². The highest BCUT2D eigenvalue weighted by atomic mass is 16.5. The van der Waals surface area contributed by atoms with Crippen molar-refractivity contribution in [3.63, 3.8) is 0 Å². The predicted molar refractivity (Wildman–Crippen MR) is 98.5 cm³/mol. The SMILES string of the molecule is CC(C)c1cc(CN2C[C@@H](CN3CCCN(C)CC3)[C@@H](CO)C2)on1. The van der Waals surface area contributed by atoms with Crippen LogP contribution < -0.4 is 0 Å². The molecule has 3 rings (SSSR count). The Bertz CT molecular complexity index is 533. The first-order chi connectivity index (χ1) is 12.0. The van der Waals surface area contributed by atoms with Crippen molar-refractivity contribution in [1.82, 2.24) is 19.9 Å². The number of aromatic nitrogens is 1. The molecule has 2 aliphatic rings. The van der Waals surface area contributed by atoms with Crippen LogP contribution in [0.15, 0.2) is 10.6 Å². The number of aliphatic hydroxyl groups is 1. The van der Waals surface area contributed by atoms with Crippen molar-refractivity contribution in [1.29, 1.82) is 0 Å². The van der Waals surface area contributed by atoms with Crippen molar-refractivity contribution >= 4 is 0 Å². The van der Waals surface area contributed by atoms with Crippen LogP contribution in [0.1, 0.15) is 37.6 Å². The van der Waals surface area contributed by atoms with Gasteiger partial charge in [-0.15, -0.1) is 0 Å². The zero-order valence-electron chi connectivity index (χ0n) is 16.0. The van der Waals surface area contributed by atoms with Gasteiger partial charge in [-0.3, -0.25) is 4.90 Å². The minimum absolute atomic E-state index is 0.280. The molecule has 0 amide bonds. The number of nitrogens with zero attached hydrogens (tertiary/aromatic N) is 4. The van der Waals surface area contributed by atoms with Crippen LogP contribution in [0.5, 0.6) is 0 Å². The Morgan fingerprint density at radius 1 is 1.16 bits per heavy atom. The maximum absolute atomic E-state index is 9.84. The molecule has 3 heterocycles. The molecule has 0 aliphatic carbocycles. The largest absolute Gasteiger partial charge is 0.396 e. The fraction of sp³-hybridized carbons (Fsp3) is 0.842. The molecule has 1 N–H and O–H groups in total. The smallest absolute Gasteiger partial charge is 0.150 e. The average Bonchev–Trinajstić information content (AvgIpc) is 3.14. The van der Waals surface area contributed by atoms with E-state index in [1.165, 1.54) is 19.5 Å². The third-order valence-corrected chi connectivity index (χ3v) is 5.74. The van der Waals surface area contributed by atoms with E-state index in [0.29, 0.717) is 17.8 Å². The van der Waals surface area contributed by atoms with Crippen molar-refractivity contribution in [3.05, 3.63) is 17.5 Å². The van der Waals surface area contributed by atoms with Crippen LogP contribution in [0.4, 0.5) is 0 Å². The highest BCUT2D eigenvalue weighted by molar-refractivity contribution is 5.09. The van der Waals surface area contributed by atoms with E-state index in [2.05, 4.69) is 46.8 Å². The summed E-state index contributed by atoms with van der Waals surface area (Å²) in [6.07, 6.45) is 1.24. The van der Waals surface area contributed by atoms with Gasteiger partial charge in [0.1, 0.15) is 0 Å². The van der Waals surface area contributed by atoms with E-state index in [1.54, 1.807) is 0 Å². The van der Waals surface area contributed by atoms with E-state index in [0.717, 1.165) is 50.7 Å². The Kier molecular flexibility index (Phi) is 6.49. The summed E-state index contributed by atoms with van der Waals surface area (Å²) in [6, 6.07) is 2.08. The monoisotopic (exact) mass is 350 g/mol. The lowest BCUT2D eigenvalue weighted by atomic mass is 9.96. The molecule has 25 heavy (non-hydrogen) atoms. The van der Waals surface area contributed by atoms with Crippen molar-refractivity contribution < 1.29 is 9.63 Å². The van der Waals surface area contributed by atoms with Gasteiger partial charge in [-0.25, -0.2) is 0 Å². The van der Waals surface area contributed by atoms with Crippen molar-refractivity contribution in [2.75, 3.05) is 59.5 Å². The van der Waals surface area contributed by atoms with Crippen molar-refractivity contribution in [2.45, 2.75) is 32.7 Å². The highest BCUT2D eigenvalue weighted by Gasteiger charge is 2.34. The Morgan fingerprint density at radius 2 is 1.96 bits per heavy atom. The highest BCUT2D eigenvalue weighted by Crippen LogP contribution is 2.26. The van der Waals surface area contributed by atoms with E-state index < -0.39 is 0 Å². The quantitative estimate of drug-likeness (QED) is 0.839. The predicted octanol–water partition coefficient (Wildman–Crippen LogP) is 1.48. The third-order valence-electron chi connectivity index (χ3n) is 5.74. The van der Waals surface area contributed by atoms with Crippen LogP contribution in [0.2, 0.25) is 0 Å². The zero-order chi connectivity index (χ0) is 17.8. The maximum Gasteiger partial charge on any atom is 0.150 e. The zero-order valence-corrected chi connectivity index (χ0v) is 16.0. The molecule has 0 unspecified atom stereocenters. The molecule has 1 aromatic heterocycles. The number of aliphatic hydroxyl groups excluding tert-OH is 1. The van der Waals surface area contributed by atoms with Gasteiger partial charge in [0.05, 0.1) is 12.2 Å². The Hall–Kier alpha value is -0.950. The summed E-state index contributed by atoms with van der Waals surface area (Å²) in [6.45, 7) is 13.1. The lowest BCUT2D eigenvalue weighted by Gasteiger charge is -2.26. The normalized spacial score (nSPS) is 27.2. The molecular weight excluding hydrogens is 316 g/mol. The molecule has 142 valence electrons. The van der Waals surface area contributed by atoms with Gasteiger partial charge < -0.3 is 19.4 Å². The van der Waals surface area contributed by atoms with Crippen molar-refractivity contribution in [2.24, 2.45) is 11.8 Å². The van der Waals surface area contributed by atoms with E-state index in [4.69, 9.17) is 4.52 Å². The first-order valence-electron chi connectivity index (χ1n) is 9.74. The van der Waals surface area contributed by atoms with Crippen LogP contribution >= 0.6 is 0 Å². The molecular formula is C19H34N4O2. The van der Waals surface area contributed by atoms with Crippen LogP contribution in [0.3, 0.4) is 0 Å². The number of likely N-dealkylation sites (N-methyl/N-ethyl adjacent to an activating group) is 1. The van der Waals surface area contributed by atoms with Crippen LogP contribution in [0.25, 0.3) is 0 Å². The van der Waals surface area contributed by atoms with Gasteiger partial charge in [0.25, 0.3) is 0 Å². The second-order valence-corrected chi connectivity index (χ2v) is 8.23. The van der Waals surface area contributed by atoms with Gasteiger partial charge in [0.15, 0.2) is 5.76 Å². The molecule has 0 saturated carbocycles. The summed E-state index contributed by atoms with van der Waals surface area (Å²) in [5.74, 6) is 2.25. The van der Waals surface area contributed by atoms with Crippen LogP contribution in [0, 0.1) is 11.8 Å². The second-order valence-electron chi connectivity index (χ2n) is 8.23. The minimum atomic E-state index is 0.280. The molecule has 2 saturated heterocycles. The fourth-order valence-corrected chi connectivity index (χ4v) is 4.09. The summed E-state index contributed by atoms with van der Waals surface area (Å²) in [4.78, 5) is 7.42. The molecule has 2 aliphatic heterocycles. The van der Waals surface area contributed by atoms with Gasteiger partial charge in [0.2, 0.25) is 0 Å². The first kappa shape index (κ1) is 18.8. The molecule has 0 spiro atoms. The summed E-state index contributed by atoms with van der Waals surface area (Å²) in [7, 11) is 2.21. The van der Waals surface area contributed by atoms with Gasteiger partial charge in [0, 0.05) is 45.4 Å². The molecule has 0 radical (unpaired) electrons. The summed E-state index contributed by atoms with van der Waals surface area (Å²) >= 11 is 0. The van der Waals surface area contributed by atoms with Crippen LogP contribution in [-0.2, 0) is 6.54 Å². The minimum Gasteiger partial charge on any atom is -0.396 e. The lowest BCUT2D eigenvalue weighted by molar-refractivity contribution is 0.165. The summed E-state index contributed by atoms with van der Waals surface area (Å²) in [5, 5.41) is 14.0. The Balaban J connectivity index is 1.54. The fourth-order valence-electron chi connectivity index (χ4n) is 4.09. The first-order valence-corrected chi connectivity index (χ1v) is 9.74. The van der Waals surface area contributed by atoms with Crippen molar-refractivity contribution in [3.8, 4) is 0 Å². The number of rotatable bonds is 6. The molecule has 0 bridgehead atoms. The lowest BCUT2D eigenvalue weighted by Crippen LogP contribution is -2.36. The topological polar surface area (TPSA) is 56.0 Å². The number of likely N-dealkylation sites (tertiary alicyclic amines) is 1. The van der Waals surface area contributed by atoms with Gasteiger partial charge in [-0.2, -0.15) is 0 Å². The number of hydrogen-bond acceptors (Lipinski definition) is 6. The van der Waals surface area contributed by atoms with Gasteiger partial charge in [-0.05, 0) is 44.3 Å². The van der Waals surface area contributed by atoms with E-state index in [9.17, 15) is 5.11 Å². The molecule has 1 aromatic rings. The van der Waals surface area contributed by atoms with Gasteiger partial charge in [-0.1, -0.05) is 19.0 Å². The summed E-state index contributed by atoms with van der Waals surface area (Å²) in [5.41, 5.74) is 1.03. The molecule has 2 fully saturated rings. The molecule has 6 heteroatoms.